The second-order valence-corrected chi connectivity index (χ2v) is 15.2. The van der Waals surface area contributed by atoms with Crippen LogP contribution in [0.5, 0.6) is 0 Å². The van der Waals surface area contributed by atoms with Crippen LogP contribution in [0.1, 0.15) is 146 Å². The summed E-state index contributed by atoms with van der Waals surface area (Å²) in [5, 5.41) is 10.7. The lowest BCUT2D eigenvalue weighted by atomic mass is 9.76. The van der Waals surface area contributed by atoms with E-state index >= 15 is 0 Å². The average Bonchev–Trinajstić information content (AvgIpc) is 3.71. The fourth-order valence-corrected chi connectivity index (χ4v) is 5.01. The van der Waals surface area contributed by atoms with Crippen LogP contribution in [0.3, 0.4) is 0 Å². The molecule has 2 N–H and O–H groups in total. The van der Waals surface area contributed by atoms with Crippen LogP contribution in [0.4, 0.5) is 0 Å². The van der Waals surface area contributed by atoms with E-state index in [0.717, 1.165) is 50.9 Å². The maximum Gasteiger partial charge on any atom is 0.209 e. The van der Waals surface area contributed by atoms with E-state index < -0.39 is 0 Å². The van der Waals surface area contributed by atoms with Crippen LogP contribution in [0.15, 0.2) is 24.3 Å². The van der Waals surface area contributed by atoms with Gasteiger partial charge in [-0.2, -0.15) is 0 Å². The lowest BCUT2D eigenvalue weighted by molar-refractivity contribution is -0.117. The normalized spacial score (nSPS) is 18.9. The highest BCUT2D eigenvalue weighted by Gasteiger charge is 2.30. The molecule has 1 saturated carbocycles. The molecule has 1 aliphatic carbocycles. The van der Waals surface area contributed by atoms with E-state index in [-0.39, 0.29) is 0 Å². The minimum Gasteiger partial charge on any atom is -0.400 e. The number of rotatable bonds is 4. The average molecular weight is 656 g/mol. The van der Waals surface area contributed by atoms with Crippen molar-refractivity contribution in [2.75, 3.05) is 33.3 Å². The second kappa shape index (κ2) is 26.4. The molecule has 0 radical (unpaired) electrons. The molecule has 1 unspecified atom stereocenters. The van der Waals surface area contributed by atoms with Crippen LogP contribution in [-0.2, 0) is 9.59 Å². The third-order valence-corrected chi connectivity index (χ3v) is 7.66. The quantitative estimate of drug-likeness (QED) is 0.317. The smallest absolute Gasteiger partial charge is 0.209 e. The van der Waals surface area contributed by atoms with Crippen molar-refractivity contribution in [2.24, 2.45) is 10.8 Å². The van der Waals surface area contributed by atoms with Crippen molar-refractivity contribution in [3.63, 3.8) is 0 Å². The number of nitrogens with zero attached hydrogens (tertiary/aromatic N) is 2. The Balaban J connectivity index is -0.000000531. The van der Waals surface area contributed by atoms with Crippen LogP contribution in [-0.4, -0.2) is 72.6 Å². The molecule has 1 aromatic carbocycles. The maximum atomic E-state index is 10.1. The fourth-order valence-electron chi connectivity index (χ4n) is 4.89. The predicted molar refractivity (Wildman–Crippen MR) is 198 cm³/mol. The van der Waals surface area contributed by atoms with Crippen molar-refractivity contribution >= 4 is 24.4 Å². The molecule has 7 heteroatoms. The van der Waals surface area contributed by atoms with E-state index in [0.29, 0.717) is 28.3 Å². The van der Waals surface area contributed by atoms with Crippen LogP contribution >= 0.6 is 11.6 Å². The van der Waals surface area contributed by atoms with Gasteiger partial charge in [0.05, 0.1) is 0 Å². The number of carbonyl (C=O) groups excluding carboxylic acids is 2. The molecule has 3 aliphatic rings. The van der Waals surface area contributed by atoms with E-state index in [1.807, 2.05) is 39.8 Å². The number of halogens is 1. The summed E-state index contributed by atoms with van der Waals surface area (Å²) >= 11 is 5.91. The van der Waals surface area contributed by atoms with Crippen molar-refractivity contribution in [2.45, 2.75) is 152 Å². The number of aliphatic hydroxyl groups is 1. The van der Waals surface area contributed by atoms with E-state index in [1.54, 1.807) is 4.90 Å². The van der Waals surface area contributed by atoms with Gasteiger partial charge in [-0.1, -0.05) is 93.0 Å². The molecule has 0 bridgehead atoms. The molecule has 0 spiro atoms. The summed E-state index contributed by atoms with van der Waals surface area (Å²) < 4.78 is 0. The van der Waals surface area contributed by atoms with Gasteiger partial charge >= 0.3 is 0 Å². The Morgan fingerprint density at radius 1 is 0.822 bits per heavy atom. The minimum atomic E-state index is 0.293. The molecular formula is C38H74ClN3O3. The summed E-state index contributed by atoms with van der Waals surface area (Å²) in [5.74, 6) is 0.677. The van der Waals surface area contributed by atoms with Crippen LogP contribution < -0.4 is 5.32 Å². The molecule has 1 aromatic rings. The van der Waals surface area contributed by atoms with Gasteiger partial charge in [-0.15, -0.1) is 0 Å². The monoisotopic (exact) mass is 656 g/mol. The summed E-state index contributed by atoms with van der Waals surface area (Å²) in [4.78, 5) is 24.4. The van der Waals surface area contributed by atoms with Crippen LogP contribution in [0, 0.1) is 10.8 Å². The number of likely N-dealkylation sites (tertiary alicyclic amines) is 2. The third kappa shape index (κ3) is 26.2. The molecule has 4 rings (SSSR count). The number of aliphatic hydroxyl groups excluding tert-OH is 1. The van der Waals surface area contributed by atoms with Gasteiger partial charge in [-0.05, 0) is 107 Å². The van der Waals surface area contributed by atoms with Crippen LogP contribution in [0.2, 0.25) is 5.02 Å². The van der Waals surface area contributed by atoms with Gasteiger partial charge in [0.1, 0.15) is 0 Å². The first-order chi connectivity index (χ1) is 21.0. The number of amides is 2. The molecule has 3 fully saturated rings. The zero-order chi connectivity index (χ0) is 35.7. The van der Waals surface area contributed by atoms with E-state index in [9.17, 15) is 9.59 Å². The standard InChI is InChI=1S/C14H20ClN.C9H17NO.C5H9NO.C5H12.2C2H6.CH4O/c1-14(2,3)16-9-8-12(10-16)11-4-6-13(15)7-5-11;1-9(2)5-3-8(4-6-9)10-7-11;7-5-6-3-1-2-4-6;1-5(2,3)4;3*1-2/h4-7,12H,8-10H2,1-3H3;7-8H,3-6H2,1-2H3,(H,10,11);5H,1-4H2;1-4H3;2*1-2H3;2H,1H3. The van der Waals surface area contributed by atoms with Crippen molar-refractivity contribution in [3.05, 3.63) is 34.9 Å². The number of carbonyl (C=O) groups is 2. The number of nitrogens with one attached hydrogen (secondary N) is 1. The first-order valence-electron chi connectivity index (χ1n) is 17.4. The van der Waals surface area contributed by atoms with Gasteiger partial charge < -0.3 is 15.3 Å². The van der Waals surface area contributed by atoms with Crippen molar-refractivity contribution in [3.8, 4) is 0 Å². The Morgan fingerprint density at radius 3 is 1.60 bits per heavy atom. The Labute approximate surface area is 285 Å². The highest BCUT2D eigenvalue weighted by Crippen LogP contribution is 2.35. The largest absolute Gasteiger partial charge is 0.400 e. The van der Waals surface area contributed by atoms with Gasteiger partial charge in [0.15, 0.2) is 0 Å². The topological polar surface area (TPSA) is 72.9 Å². The van der Waals surface area contributed by atoms with Gasteiger partial charge in [0, 0.05) is 43.3 Å². The number of benzene rings is 1. The predicted octanol–water partition coefficient (Wildman–Crippen LogP) is 9.58. The molecule has 45 heavy (non-hydrogen) atoms. The first-order valence-corrected chi connectivity index (χ1v) is 17.8. The molecule has 2 saturated heterocycles. The zero-order valence-corrected chi connectivity index (χ0v) is 32.7. The van der Waals surface area contributed by atoms with Gasteiger partial charge in [-0.3, -0.25) is 14.5 Å². The number of hydrogen-bond acceptors (Lipinski definition) is 4. The maximum absolute atomic E-state index is 10.1. The zero-order valence-electron chi connectivity index (χ0n) is 31.9. The highest BCUT2D eigenvalue weighted by molar-refractivity contribution is 6.30. The summed E-state index contributed by atoms with van der Waals surface area (Å²) in [5.41, 5.74) is 2.72. The third-order valence-electron chi connectivity index (χ3n) is 7.41. The number of hydrogen-bond donors (Lipinski definition) is 2. The lowest BCUT2D eigenvalue weighted by Crippen LogP contribution is -2.39. The molecule has 6 nitrogen and oxygen atoms in total. The fraction of sp³-hybridized carbons (Fsp3) is 0.789. The molecule has 266 valence electrons. The van der Waals surface area contributed by atoms with Crippen molar-refractivity contribution in [1.29, 1.82) is 0 Å². The molecule has 2 amide bonds. The molecule has 2 aliphatic heterocycles. The van der Waals surface area contributed by atoms with Gasteiger partial charge in [0.2, 0.25) is 12.8 Å². The summed E-state index contributed by atoms with van der Waals surface area (Å²) in [6.45, 7) is 32.5. The van der Waals surface area contributed by atoms with Gasteiger partial charge in [0.25, 0.3) is 0 Å². The minimum absolute atomic E-state index is 0.293. The van der Waals surface area contributed by atoms with E-state index in [4.69, 9.17) is 16.7 Å². The Kier molecular flexibility index (Phi) is 28.1. The second-order valence-electron chi connectivity index (χ2n) is 14.7. The highest BCUT2D eigenvalue weighted by atomic mass is 35.5. The molecular weight excluding hydrogens is 582 g/mol. The Hall–Kier alpha value is -1.63. The van der Waals surface area contributed by atoms with Crippen LogP contribution in [0.25, 0.3) is 0 Å². The molecule has 0 aromatic heterocycles. The lowest BCUT2D eigenvalue weighted by Gasteiger charge is -2.33. The summed E-state index contributed by atoms with van der Waals surface area (Å²) in [7, 11) is 1.00. The van der Waals surface area contributed by atoms with Crippen molar-refractivity contribution in [1.82, 2.24) is 15.1 Å². The van der Waals surface area contributed by atoms with Crippen molar-refractivity contribution < 1.29 is 14.7 Å². The van der Waals surface area contributed by atoms with E-state index in [1.165, 1.54) is 50.8 Å². The molecule has 1 atom stereocenters. The first kappa shape index (κ1) is 47.8. The SMILES string of the molecule is CC.CC.CC(C)(C)C.CC(C)(C)N1CCC(c2ccc(Cl)cc2)C1.CC1(C)CCC(NC=O)CC1.CO.O=CN1CCCC1. The summed E-state index contributed by atoms with van der Waals surface area (Å²) in [6, 6.07) is 8.77. The molecule has 2 heterocycles. The van der Waals surface area contributed by atoms with Gasteiger partial charge in [-0.25, -0.2) is 0 Å². The van der Waals surface area contributed by atoms with E-state index in [2.05, 4.69) is 84.7 Å². The Morgan fingerprint density at radius 2 is 1.27 bits per heavy atom. The summed E-state index contributed by atoms with van der Waals surface area (Å²) in [6.07, 6.45) is 10.2. The Bertz CT molecular complexity index is 810.